The summed E-state index contributed by atoms with van der Waals surface area (Å²) < 4.78 is 0. The van der Waals surface area contributed by atoms with Crippen molar-refractivity contribution in [2.24, 2.45) is 58.0 Å². The third-order valence-corrected chi connectivity index (χ3v) is 11.7. The smallest absolute Gasteiger partial charge is 0.00701 e. The Balaban J connectivity index is 1.39. The van der Waals surface area contributed by atoms with Crippen molar-refractivity contribution in [3.8, 4) is 0 Å². The molecular weight excluding hydrogens is 388 g/mol. The van der Waals surface area contributed by atoms with Gasteiger partial charge in [0.2, 0.25) is 0 Å². The summed E-state index contributed by atoms with van der Waals surface area (Å²) in [5.41, 5.74) is 6.99. The standard InChI is InChI=1S/C30H56N2/c1-21(2)8-6-9-22(3)26-12-13-27-25-11-10-23-20-24(32-19-7-18-31)14-16-29(23,4)28(25)15-17-30(26,27)5/h21-28,32H,6-20,31H2,1-5H3/t22-,23-,24+,25-,26+,27-,28-,29-,30+/m0/s1. The number of rotatable bonds is 9. The SMILES string of the molecule is CC(C)CCC[C@H](C)[C@H]1CC[C@H]2[C@@H]3CC[C@H]4C[C@H](NCCCN)CC[C@]4(C)[C@H]3CC[C@]12C. The summed E-state index contributed by atoms with van der Waals surface area (Å²) in [6, 6.07) is 0.757. The summed E-state index contributed by atoms with van der Waals surface area (Å²) in [7, 11) is 0. The number of hydrogen-bond acceptors (Lipinski definition) is 2. The summed E-state index contributed by atoms with van der Waals surface area (Å²) in [6.07, 6.45) is 18.9. The molecule has 4 aliphatic rings. The molecule has 186 valence electrons. The van der Waals surface area contributed by atoms with E-state index in [4.69, 9.17) is 5.73 Å². The predicted octanol–water partition coefficient (Wildman–Crippen LogP) is 7.41. The van der Waals surface area contributed by atoms with Crippen LogP contribution in [0.25, 0.3) is 0 Å². The summed E-state index contributed by atoms with van der Waals surface area (Å²) in [5, 5.41) is 3.85. The maximum Gasteiger partial charge on any atom is 0.00701 e. The van der Waals surface area contributed by atoms with Gasteiger partial charge in [0.15, 0.2) is 0 Å². The summed E-state index contributed by atoms with van der Waals surface area (Å²) in [6.45, 7) is 14.8. The van der Waals surface area contributed by atoms with E-state index in [9.17, 15) is 0 Å². The molecule has 0 amide bonds. The van der Waals surface area contributed by atoms with Crippen molar-refractivity contribution in [1.29, 1.82) is 0 Å². The van der Waals surface area contributed by atoms with E-state index in [0.29, 0.717) is 10.8 Å². The molecule has 4 fully saturated rings. The van der Waals surface area contributed by atoms with E-state index in [1.807, 2.05) is 0 Å². The molecule has 2 nitrogen and oxygen atoms in total. The first-order valence-corrected chi connectivity index (χ1v) is 14.7. The molecule has 3 N–H and O–H groups in total. The van der Waals surface area contributed by atoms with Gasteiger partial charge in [0.05, 0.1) is 0 Å². The predicted molar refractivity (Wildman–Crippen MR) is 139 cm³/mol. The van der Waals surface area contributed by atoms with E-state index in [0.717, 1.165) is 67.0 Å². The molecule has 4 saturated carbocycles. The van der Waals surface area contributed by atoms with Gasteiger partial charge in [-0.05, 0) is 130 Å². The fourth-order valence-electron chi connectivity index (χ4n) is 9.88. The lowest BCUT2D eigenvalue weighted by molar-refractivity contribution is -0.118. The molecule has 0 heterocycles. The second kappa shape index (κ2) is 10.3. The average molecular weight is 445 g/mol. The molecule has 4 rings (SSSR count). The zero-order valence-electron chi connectivity index (χ0n) is 22.3. The second-order valence-electron chi connectivity index (χ2n) is 13.8. The third-order valence-electron chi connectivity index (χ3n) is 11.7. The Hall–Kier alpha value is -0.0800. The minimum Gasteiger partial charge on any atom is -0.330 e. The second-order valence-corrected chi connectivity index (χ2v) is 13.8. The van der Waals surface area contributed by atoms with Crippen molar-refractivity contribution < 1.29 is 0 Å². The Kier molecular flexibility index (Phi) is 8.03. The van der Waals surface area contributed by atoms with Gasteiger partial charge in [-0.15, -0.1) is 0 Å². The fourth-order valence-corrected chi connectivity index (χ4v) is 9.88. The van der Waals surface area contributed by atoms with Crippen molar-refractivity contribution in [3.63, 3.8) is 0 Å². The number of nitrogens with two attached hydrogens (primary N) is 1. The molecule has 0 aromatic heterocycles. The molecule has 0 unspecified atom stereocenters. The molecule has 32 heavy (non-hydrogen) atoms. The highest BCUT2D eigenvalue weighted by atomic mass is 14.9. The van der Waals surface area contributed by atoms with Crippen LogP contribution in [0.15, 0.2) is 0 Å². The molecule has 0 radical (unpaired) electrons. The van der Waals surface area contributed by atoms with Gasteiger partial charge < -0.3 is 11.1 Å². The average Bonchev–Trinajstić information content (AvgIpc) is 3.11. The maximum atomic E-state index is 5.72. The highest BCUT2D eigenvalue weighted by Crippen LogP contribution is 2.68. The summed E-state index contributed by atoms with van der Waals surface area (Å²) in [5.74, 6) is 6.83. The fraction of sp³-hybridized carbons (Fsp3) is 1.00. The van der Waals surface area contributed by atoms with Crippen LogP contribution in [0.1, 0.15) is 118 Å². The minimum atomic E-state index is 0.622. The number of nitrogens with one attached hydrogen (secondary N) is 1. The van der Waals surface area contributed by atoms with E-state index in [1.165, 1.54) is 70.6 Å². The quantitative estimate of drug-likeness (QED) is 0.363. The monoisotopic (exact) mass is 444 g/mol. The molecule has 0 aliphatic heterocycles. The first-order chi connectivity index (χ1) is 15.3. The van der Waals surface area contributed by atoms with Crippen molar-refractivity contribution in [2.45, 2.75) is 124 Å². The first kappa shape index (κ1) is 25.0. The number of hydrogen-bond donors (Lipinski definition) is 2. The van der Waals surface area contributed by atoms with Crippen LogP contribution in [0.5, 0.6) is 0 Å². The van der Waals surface area contributed by atoms with Crippen LogP contribution in [0.3, 0.4) is 0 Å². The van der Waals surface area contributed by atoms with Crippen LogP contribution in [0.4, 0.5) is 0 Å². The topological polar surface area (TPSA) is 38.0 Å². The Labute approximate surface area is 200 Å². The molecule has 0 aromatic rings. The molecule has 2 heteroatoms. The van der Waals surface area contributed by atoms with Crippen molar-refractivity contribution in [3.05, 3.63) is 0 Å². The Morgan fingerprint density at radius 1 is 0.844 bits per heavy atom. The van der Waals surface area contributed by atoms with Crippen LogP contribution < -0.4 is 11.1 Å². The maximum absolute atomic E-state index is 5.72. The van der Waals surface area contributed by atoms with Crippen LogP contribution in [-0.2, 0) is 0 Å². The van der Waals surface area contributed by atoms with Crippen LogP contribution in [-0.4, -0.2) is 19.1 Å². The van der Waals surface area contributed by atoms with Gasteiger partial charge in [0, 0.05) is 6.04 Å². The van der Waals surface area contributed by atoms with Crippen molar-refractivity contribution in [1.82, 2.24) is 5.32 Å². The van der Waals surface area contributed by atoms with Crippen LogP contribution in [0, 0.1) is 52.3 Å². The molecule has 0 spiro atoms. The van der Waals surface area contributed by atoms with Gasteiger partial charge in [-0.3, -0.25) is 0 Å². The van der Waals surface area contributed by atoms with Gasteiger partial charge >= 0.3 is 0 Å². The molecule has 0 saturated heterocycles. The zero-order chi connectivity index (χ0) is 22.9. The van der Waals surface area contributed by atoms with E-state index < -0.39 is 0 Å². The summed E-state index contributed by atoms with van der Waals surface area (Å²) in [4.78, 5) is 0. The first-order valence-electron chi connectivity index (χ1n) is 14.7. The van der Waals surface area contributed by atoms with Crippen molar-refractivity contribution >= 4 is 0 Å². The Morgan fingerprint density at radius 2 is 1.59 bits per heavy atom. The largest absolute Gasteiger partial charge is 0.330 e. The molecular formula is C30H56N2. The van der Waals surface area contributed by atoms with Crippen LogP contribution >= 0.6 is 0 Å². The minimum absolute atomic E-state index is 0.622. The normalized spacial score (nSPS) is 44.7. The van der Waals surface area contributed by atoms with E-state index >= 15 is 0 Å². The van der Waals surface area contributed by atoms with E-state index in [1.54, 1.807) is 6.42 Å². The lowest BCUT2D eigenvalue weighted by Crippen LogP contribution is -2.55. The third kappa shape index (κ3) is 4.71. The van der Waals surface area contributed by atoms with E-state index in [2.05, 4.69) is 39.9 Å². The van der Waals surface area contributed by atoms with Gasteiger partial charge in [-0.2, -0.15) is 0 Å². The Morgan fingerprint density at radius 3 is 2.34 bits per heavy atom. The lowest BCUT2D eigenvalue weighted by atomic mass is 9.44. The molecule has 0 aromatic carbocycles. The van der Waals surface area contributed by atoms with Gasteiger partial charge in [0.25, 0.3) is 0 Å². The van der Waals surface area contributed by atoms with Gasteiger partial charge in [-0.25, -0.2) is 0 Å². The molecule has 4 aliphatic carbocycles. The zero-order valence-corrected chi connectivity index (χ0v) is 22.3. The Bertz CT molecular complexity index is 602. The highest BCUT2D eigenvalue weighted by Gasteiger charge is 2.60. The van der Waals surface area contributed by atoms with Gasteiger partial charge in [-0.1, -0.05) is 53.9 Å². The van der Waals surface area contributed by atoms with Crippen LogP contribution in [0.2, 0.25) is 0 Å². The van der Waals surface area contributed by atoms with Gasteiger partial charge in [0.1, 0.15) is 0 Å². The van der Waals surface area contributed by atoms with E-state index in [-0.39, 0.29) is 0 Å². The lowest BCUT2D eigenvalue weighted by Gasteiger charge is -2.61. The van der Waals surface area contributed by atoms with Crippen molar-refractivity contribution in [2.75, 3.05) is 13.1 Å². The molecule has 0 bridgehead atoms. The highest BCUT2D eigenvalue weighted by molar-refractivity contribution is 5.10. The number of fused-ring (bicyclic) bond motifs is 5. The summed E-state index contributed by atoms with van der Waals surface area (Å²) >= 11 is 0. The molecule has 9 atom stereocenters.